The molecular weight excluding hydrogens is 368 g/mol. The molecule has 0 aliphatic carbocycles. The summed E-state index contributed by atoms with van der Waals surface area (Å²) >= 11 is 0. The first-order valence-electron chi connectivity index (χ1n) is 8.30. The summed E-state index contributed by atoms with van der Waals surface area (Å²) in [7, 11) is -1.88. The van der Waals surface area contributed by atoms with Crippen molar-refractivity contribution in [3.63, 3.8) is 0 Å². The van der Waals surface area contributed by atoms with Crippen molar-refractivity contribution in [1.82, 2.24) is 9.62 Å². The Morgan fingerprint density at radius 1 is 1.15 bits per heavy atom. The van der Waals surface area contributed by atoms with E-state index in [0.29, 0.717) is 13.1 Å². The fourth-order valence-corrected chi connectivity index (χ4v) is 3.27. The van der Waals surface area contributed by atoms with Crippen LogP contribution in [0.3, 0.4) is 0 Å². The van der Waals surface area contributed by atoms with E-state index in [1.807, 2.05) is 49.2 Å². The molecule has 0 saturated carbocycles. The molecule has 0 aliphatic rings. The molecule has 1 N–H and O–H groups in total. The highest BCUT2D eigenvalue weighted by molar-refractivity contribution is 7.89. The third-order valence-corrected chi connectivity index (χ3v) is 5.46. The quantitative estimate of drug-likeness (QED) is 0.323. The van der Waals surface area contributed by atoms with Gasteiger partial charge in [0.2, 0.25) is 10.0 Å². The molecule has 0 saturated heterocycles. The van der Waals surface area contributed by atoms with Gasteiger partial charge in [0.25, 0.3) is 5.69 Å². The smallest absolute Gasteiger partial charge is 0.269 e. The number of sulfonamides is 1. The van der Waals surface area contributed by atoms with Crippen molar-refractivity contribution in [2.24, 2.45) is 4.99 Å². The monoisotopic (exact) mass is 390 g/mol. The molecule has 0 atom stereocenters. The lowest BCUT2D eigenvalue weighted by Crippen LogP contribution is -2.35. The number of nitro benzene ring substituents is 1. The number of amidine groups is 1. The minimum atomic E-state index is -3.72. The highest BCUT2D eigenvalue weighted by Crippen LogP contribution is 2.15. The predicted molar refractivity (Wildman–Crippen MR) is 104 cm³/mol. The van der Waals surface area contributed by atoms with Gasteiger partial charge in [-0.25, -0.2) is 13.1 Å². The summed E-state index contributed by atoms with van der Waals surface area (Å²) < 4.78 is 27.0. The van der Waals surface area contributed by atoms with Gasteiger partial charge in [0.1, 0.15) is 0 Å². The maximum atomic E-state index is 12.2. The van der Waals surface area contributed by atoms with E-state index in [2.05, 4.69) is 9.71 Å². The van der Waals surface area contributed by atoms with E-state index in [1.165, 1.54) is 24.3 Å². The summed E-state index contributed by atoms with van der Waals surface area (Å²) in [5, 5.41) is 10.6. The summed E-state index contributed by atoms with van der Waals surface area (Å²) in [6.45, 7) is 3.06. The van der Waals surface area contributed by atoms with Gasteiger partial charge in [0.05, 0.1) is 22.2 Å². The molecule has 0 spiro atoms. The average Bonchev–Trinajstić information content (AvgIpc) is 2.66. The third-order valence-electron chi connectivity index (χ3n) is 3.98. The Morgan fingerprint density at radius 2 is 1.78 bits per heavy atom. The molecule has 144 valence electrons. The second-order valence-corrected chi connectivity index (χ2v) is 7.69. The molecule has 0 amide bonds. The van der Waals surface area contributed by atoms with Crippen LogP contribution >= 0.6 is 0 Å². The molecular formula is C18H22N4O4S. The van der Waals surface area contributed by atoms with Gasteiger partial charge in [-0.3, -0.25) is 15.1 Å². The van der Waals surface area contributed by atoms with E-state index in [1.54, 1.807) is 0 Å². The molecule has 2 aromatic rings. The van der Waals surface area contributed by atoms with Crippen LogP contribution in [0.2, 0.25) is 0 Å². The SMILES string of the molecule is CC(=NCc1ccccc1)N(C)CCNS(=O)(=O)c1ccc([N+](=O)[O-])cc1. The molecule has 0 fully saturated rings. The van der Waals surface area contributed by atoms with Gasteiger partial charge in [-0.05, 0) is 24.6 Å². The van der Waals surface area contributed by atoms with Crippen LogP contribution < -0.4 is 4.72 Å². The van der Waals surface area contributed by atoms with Crippen LogP contribution in [0.4, 0.5) is 5.69 Å². The molecule has 2 rings (SSSR count). The van der Waals surface area contributed by atoms with Gasteiger partial charge < -0.3 is 4.90 Å². The molecule has 0 radical (unpaired) electrons. The van der Waals surface area contributed by atoms with Crippen LogP contribution in [0.1, 0.15) is 12.5 Å². The van der Waals surface area contributed by atoms with Crippen molar-refractivity contribution in [3.8, 4) is 0 Å². The molecule has 0 aliphatic heterocycles. The van der Waals surface area contributed by atoms with E-state index in [0.717, 1.165) is 11.4 Å². The van der Waals surface area contributed by atoms with Crippen LogP contribution in [0.5, 0.6) is 0 Å². The standard InChI is InChI=1S/C18H22N4O4S/c1-15(19-14-16-6-4-3-5-7-16)21(2)13-12-20-27(25,26)18-10-8-17(9-11-18)22(23)24/h3-11,20H,12-14H2,1-2H3. The Morgan fingerprint density at radius 3 is 2.37 bits per heavy atom. The number of non-ortho nitro benzene ring substituents is 1. The molecule has 0 bridgehead atoms. The molecule has 2 aromatic carbocycles. The maximum absolute atomic E-state index is 12.2. The van der Waals surface area contributed by atoms with Gasteiger partial charge in [-0.1, -0.05) is 30.3 Å². The minimum Gasteiger partial charge on any atom is -0.362 e. The Bertz CT molecular complexity index is 897. The molecule has 8 nitrogen and oxygen atoms in total. The highest BCUT2D eigenvalue weighted by Gasteiger charge is 2.15. The maximum Gasteiger partial charge on any atom is 0.269 e. The number of hydrogen-bond acceptors (Lipinski definition) is 5. The largest absolute Gasteiger partial charge is 0.362 e. The van der Waals surface area contributed by atoms with Gasteiger partial charge >= 0.3 is 0 Å². The van der Waals surface area contributed by atoms with Crippen molar-refractivity contribution in [2.45, 2.75) is 18.4 Å². The van der Waals surface area contributed by atoms with Crippen LogP contribution in [0.25, 0.3) is 0 Å². The molecule has 0 aromatic heterocycles. The normalized spacial score (nSPS) is 12.0. The zero-order chi connectivity index (χ0) is 19.9. The zero-order valence-electron chi connectivity index (χ0n) is 15.2. The van der Waals surface area contributed by atoms with Crippen molar-refractivity contribution in [1.29, 1.82) is 0 Å². The van der Waals surface area contributed by atoms with Crippen molar-refractivity contribution in [2.75, 3.05) is 20.1 Å². The summed E-state index contributed by atoms with van der Waals surface area (Å²) in [4.78, 5) is 16.4. The van der Waals surface area contributed by atoms with Crippen molar-refractivity contribution in [3.05, 3.63) is 70.3 Å². The lowest BCUT2D eigenvalue weighted by Gasteiger charge is -2.19. The lowest BCUT2D eigenvalue weighted by molar-refractivity contribution is -0.384. The number of nitro groups is 1. The average molecular weight is 390 g/mol. The van der Waals surface area contributed by atoms with Crippen LogP contribution in [0, 0.1) is 10.1 Å². The first-order chi connectivity index (χ1) is 12.8. The van der Waals surface area contributed by atoms with Gasteiger partial charge in [0, 0.05) is 32.3 Å². The second kappa shape index (κ2) is 9.24. The number of benzene rings is 2. The zero-order valence-corrected chi connectivity index (χ0v) is 16.0. The van der Waals surface area contributed by atoms with E-state index >= 15 is 0 Å². The third kappa shape index (κ3) is 6.15. The lowest BCUT2D eigenvalue weighted by atomic mass is 10.2. The summed E-state index contributed by atoms with van der Waals surface area (Å²) in [6, 6.07) is 14.6. The fourth-order valence-electron chi connectivity index (χ4n) is 2.25. The fraction of sp³-hybridized carbons (Fsp3) is 0.278. The van der Waals surface area contributed by atoms with E-state index in [9.17, 15) is 18.5 Å². The first-order valence-corrected chi connectivity index (χ1v) is 9.78. The Kier molecular flexibility index (Phi) is 7.03. The van der Waals surface area contributed by atoms with E-state index in [-0.39, 0.29) is 17.1 Å². The topological polar surface area (TPSA) is 105 Å². The number of likely N-dealkylation sites (N-methyl/N-ethyl adjacent to an activating group) is 1. The Labute approximate surface area is 158 Å². The molecule has 9 heteroatoms. The molecule has 0 unspecified atom stereocenters. The number of nitrogens with one attached hydrogen (secondary N) is 1. The summed E-state index contributed by atoms with van der Waals surface area (Å²) in [5.41, 5.74) is 0.947. The molecule has 0 heterocycles. The van der Waals surface area contributed by atoms with Gasteiger partial charge in [0.15, 0.2) is 0 Å². The van der Waals surface area contributed by atoms with Crippen LogP contribution in [0.15, 0.2) is 64.5 Å². The van der Waals surface area contributed by atoms with Crippen LogP contribution in [-0.2, 0) is 16.6 Å². The highest BCUT2D eigenvalue weighted by atomic mass is 32.2. The van der Waals surface area contributed by atoms with Crippen molar-refractivity contribution < 1.29 is 13.3 Å². The number of nitrogens with zero attached hydrogens (tertiary/aromatic N) is 3. The predicted octanol–water partition coefficient (Wildman–Crippen LogP) is 2.42. The van der Waals surface area contributed by atoms with Crippen LogP contribution in [-0.4, -0.2) is 44.2 Å². The van der Waals surface area contributed by atoms with Gasteiger partial charge in [-0.2, -0.15) is 0 Å². The summed E-state index contributed by atoms with van der Waals surface area (Å²) in [5.74, 6) is 0.799. The second-order valence-electron chi connectivity index (χ2n) is 5.92. The Balaban J connectivity index is 1.87. The van der Waals surface area contributed by atoms with Crippen molar-refractivity contribution >= 4 is 21.5 Å². The van der Waals surface area contributed by atoms with Gasteiger partial charge in [-0.15, -0.1) is 0 Å². The first kappa shape index (κ1) is 20.5. The number of hydrogen-bond donors (Lipinski definition) is 1. The number of rotatable bonds is 8. The minimum absolute atomic E-state index is 0.00906. The summed E-state index contributed by atoms with van der Waals surface area (Å²) in [6.07, 6.45) is 0. The Hall–Kier alpha value is -2.78. The number of aliphatic imine (C=N–C) groups is 1. The molecule has 27 heavy (non-hydrogen) atoms. The van der Waals surface area contributed by atoms with E-state index < -0.39 is 14.9 Å². The van der Waals surface area contributed by atoms with E-state index in [4.69, 9.17) is 0 Å².